The van der Waals surface area contributed by atoms with E-state index in [0.29, 0.717) is 28.0 Å². The van der Waals surface area contributed by atoms with Gasteiger partial charge in [0.2, 0.25) is 0 Å². The van der Waals surface area contributed by atoms with Crippen LogP contribution in [-0.2, 0) is 0 Å². The van der Waals surface area contributed by atoms with E-state index in [9.17, 15) is 4.79 Å². The molecule has 0 saturated carbocycles. The van der Waals surface area contributed by atoms with Crippen LogP contribution in [0.1, 0.15) is 17.5 Å². The molecule has 1 saturated heterocycles. The van der Waals surface area contributed by atoms with Crippen LogP contribution in [-0.4, -0.2) is 18.1 Å². The average molecular weight is 333 g/mol. The molecule has 5 heteroatoms. The van der Waals surface area contributed by atoms with Gasteiger partial charge in [-0.15, -0.1) is 0 Å². The lowest BCUT2D eigenvalue weighted by Gasteiger charge is -2.33. The normalized spacial score (nSPS) is 13.7. The molecule has 0 amide bonds. The third-order valence-electron chi connectivity index (χ3n) is 4.77. The Morgan fingerprint density at radius 3 is 2.76 bits per heavy atom. The van der Waals surface area contributed by atoms with Gasteiger partial charge in [-0.25, -0.2) is 4.79 Å². The lowest BCUT2D eigenvalue weighted by Crippen LogP contribution is -2.36. The number of hydrogen-bond acceptors (Lipinski definition) is 5. The zero-order chi connectivity index (χ0) is 17.6. The number of rotatable bonds is 3. The number of aryl methyl sites for hydroxylation is 1. The maximum absolute atomic E-state index is 12.6. The van der Waals surface area contributed by atoms with E-state index in [1.54, 1.807) is 12.4 Å². The smallest absolute Gasteiger partial charge is 0.344 e. The van der Waals surface area contributed by atoms with Gasteiger partial charge in [0.15, 0.2) is 0 Å². The van der Waals surface area contributed by atoms with Crippen molar-refractivity contribution in [1.82, 2.24) is 4.98 Å². The quantitative estimate of drug-likeness (QED) is 0.745. The predicted octanol–water partition coefficient (Wildman–Crippen LogP) is 3.30. The van der Waals surface area contributed by atoms with Crippen molar-refractivity contribution in [3.05, 3.63) is 64.8 Å². The highest BCUT2D eigenvalue weighted by Crippen LogP contribution is 2.30. The summed E-state index contributed by atoms with van der Waals surface area (Å²) in [4.78, 5) is 19.1. The first-order valence-electron chi connectivity index (χ1n) is 8.27. The molecule has 0 radical (unpaired) electrons. The Morgan fingerprint density at radius 1 is 1.28 bits per heavy atom. The molecule has 1 aromatic carbocycles. The number of pyridine rings is 1. The SMILES string of the molecule is C=C(N)c1cncc(-c2c(C)c3ccc(N4CCC4)cc3oc2=O)c1. The van der Waals surface area contributed by atoms with Crippen LogP contribution in [0.25, 0.3) is 27.8 Å². The van der Waals surface area contributed by atoms with Gasteiger partial charge in [0.1, 0.15) is 5.58 Å². The van der Waals surface area contributed by atoms with Crippen LogP contribution in [0.2, 0.25) is 0 Å². The molecular weight excluding hydrogens is 314 g/mol. The van der Waals surface area contributed by atoms with Crippen molar-refractivity contribution in [2.24, 2.45) is 5.73 Å². The van der Waals surface area contributed by atoms with Gasteiger partial charge in [-0.05, 0) is 37.1 Å². The fourth-order valence-corrected chi connectivity index (χ4v) is 3.20. The topological polar surface area (TPSA) is 72.4 Å². The lowest BCUT2D eigenvalue weighted by molar-refractivity contribution is 0.561. The highest BCUT2D eigenvalue weighted by atomic mass is 16.4. The Bertz CT molecular complexity index is 1050. The fraction of sp³-hybridized carbons (Fsp3) is 0.200. The molecule has 1 aliphatic heterocycles. The minimum Gasteiger partial charge on any atom is -0.422 e. The number of aromatic nitrogens is 1. The molecule has 4 rings (SSSR count). The fourth-order valence-electron chi connectivity index (χ4n) is 3.20. The largest absolute Gasteiger partial charge is 0.422 e. The zero-order valence-corrected chi connectivity index (χ0v) is 14.1. The number of hydrogen-bond donors (Lipinski definition) is 1. The van der Waals surface area contributed by atoms with Crippen LogP contribution in [0, 0.1) is 6.92 Å². The van der Waals surface area contributed by atoms with Gasteiger partial charge in [-0.1, -0.05) is 6.58 Å². The first-order chi connectivity index (χ1) is 12.0. The first kappa shape index (κ1) is 15.4. The molecular formula is C20H19N3O2. The average Bonchev–Trinajstić information content (AvgIpc) is 2.53. The van der Waals surface area contributed by atoms with Crippen molar-refractivity contribution in [1.29, 1.82) is 0 Å². The highest BCUT2D eigenvalue weighted by Gasteiger charge is 2.18. The van der Waals surface area contributed by atoms with Gasteiger partial charge in [-0.2, -0.15) is 0 Å². The predicted molar refractivity (Wildman–Crippen MR) is 101 cm³/mol. The summed E-state index contributed by atoms with van der Waals surface area (Å²) in [6.07, 6.45) is 4.48. The van der Waals surface area contributed by atoms with E-state index in [1.807, 2.05) is 25.1 Å². The Hall–Kier alpha value is -3.08. The number of benzene rings is 1. The molecule has 0 aliphatic carbocycles. The second-order valence-corrected chi connectivity index (χ2v) is 6.40. The number of fused-ring (bicyclic) bond motifs is 1. The summed E-state index contributed by atoms with van der Waals surface area (Å²) in [6, 6.07) is 7.86. The van der Waals surface area contributed by atoms with Crippen molar-refractivity contribution in [2.45, 2.75) is 13.3 Å². The van der Waals surface area contributed by atoms with Crippen LogP contribution in [0.15, 0.2) is 52.4 Å². The summed E-state index contributed by atoms with van der Waals surface area (Å²) in [6.45, 7) is 7.76. The van der Waals surface area contributed by atoms with E-state index in [4.69, 9.17) is 10.2 Å². The molecule has 2 N–H and O–H groups in total. The summed E-state index contributed by atoms with van der Waals surface area (Å²) >= 11 is 0. The van der Waals surface area contributed by atoms with Crippen molar-refractivity contribution < 1.29 is 4.42 Å². The molecule has 25 heavy (non-hydrogen) atoms. The Labute approximate surface area is 145 Å². The van der Waals surface area contributed by atoms with Crippen molar-refractivity contribution in [3.63, 3.8) is 0 Å². The lowest BCUT2D eigenvalue weighted by atomic mass is 9.99. The summed E-state index contributed by atoms with van der Waals surface area (Å²) in [5, 5.41) is 0.927. The molecule has 3 aromatic rings. The molecule has 1 aliphatic rings. The Morgan fingerprint density at radius 2 is 2.08 bits per heavy atom. The van der Waals surface area contributed by atoms with Crippen LogP contribution in [0.5, 0.6) is 0 Å². The van der Waals surface area contributed by atoms with E-state index in [-0.39, 0.29) is 5.63 Å². The summed E-state index contributed by atoms with van der Waals surface area (Å²) < 4.78 is 5.62. The van der Waals surface area contributed by atoms with Crippen LogP contribution in [0.4, 0.5) is 5.69 Å². The van der Waals surface area contributed by atoms with E-state index >= 15 is 0 Å². The van der Waals surface area contributed by atoms with E-state index in [1.165, 1.54) is 6.42 Å². The number of anilines is 1. The molecule has 0 spiro atoms. The maximum atomic E-state index is 12.6. The monoisotopic (exact) mass is 333 g/mol. The maximum Gasteiger partial charge on any atom is 0.344 e. The summed E-state index contributed by atoms with van der Waals surface area (Å²) in [5.74, 6) is 0. The second kappa shape index (κ2) is 5.77. The number of nitrogens with zero attached hydrogens (tertiary/aromatic N) is 2. The van der Waals surface area contributed by atoms with E-state index in [0.717, 1.165) is 29.7 Å². The van der Waals surface area contributed by atoms with Crippen LogP contribution >= 0.6 is 0 Å². The molecule has 126 valence electrons. The van der Waals surface area contributed by atoms with Gasteiger partial charge >= 0.3 is 5.63 Å². The summed E-state index contributed by atoms with van der Waals surface area (Å²) in [5.41, 5.74) is 10.3. The standard InChI is InChI=1S/C20H19N3O2/c1-12-17-5-4-16(23-6-3-7-23)9-18(17)25-20(24)19(12)15-8-14(13(2)21)10-22-11-15/h4-5,8-11H,2-3,6-7,21H2,1H3. The number of nitrogens with two attached hydrogens (primary N) is 1. The van der Waals surface area contributed by atoms with Crippen molar-refractivity contribution in [2.75, 3.05) is 18.0 Å². The van der Waals surface area contributed by atoms with Crippen LogP contribution in [0.3, 0.4) is 0 Å². The van der Waals surface area contributed by atoms with Gasteiger partial charge in [0.05, 0.1) is 5.56 Å². The molecule has 0 bridgehead atoms. The Kier molecular flexibility index (Phi) is 3.57. The van der Waals surface area contributed by atoms with E-state index in [2.05, 4.69) is 22.5 Å². The van der Waals surface area contributed by atoms with Gasteiger partial charge in [-0.3, -0.25) is 4.98 Å². The minimum absolute atomic E-state index is 0.368. The van der Waals surface area contributed by atoms with Gasteiger partial charge < -0.3 is 15.1 Å². The zero-order valence-electron chi connectivity index (χ0n) is 14.1. The molecule has 3 heterocycles. The van der Waals surface area contributed by atoms with Gasteiger partial charge in [0.25, 0.3) is 0 Å². The molecule has 5 nitrogen and oxygen atoms in total. The minimum atomic E-state index is -0.368. The molecule has 1 fully saturated rings. The van der Waals surface area contributed by atoms with Gasteiger partial charge in [0, 0.05) is 59.4 Å². The molecule has 2 aromatic heterocycles. The first-order valence-corrected chi connectivity index (χ1v) is 8.27. The highest BCUT2D eigenvalue weighted by molar-refractivity contribution is 5.89. The molecule has 0 unspecified atom stereocenters. The third-order valence-corrected chi connectivity index (χ3v) is 4.77. The Balaban J connectivity index is 1.89. The second-order valence-electron chi connectivity index (χ2n) is 6.40. The molecule has 0 atom stereocenters. The van der Waals surface area contributed by atoms with Crippen molar-refractivity contribution >= 4 is 22.4 Å². The van der Waals surface area contributed by atoms with Crippen molar-refractivity contribution in [3.8, 4) is 11.1 Å². The van der Waals surface area contributed by atoms with E-state index < -0.39 is 0 Å². The third kappa shape index (κ3) is 2.58. The summed E-state index contributed by atoms with van der Waals surface area (Å²) in [7, 11) is 0. The van der Waals surface area contributed by atoms with Crippen LogP contribution < -0.4 is 16.3 Å².